The number of aliphatic hydroxyl groups excluding tert-OH is 1. The van der Waals surface area contributed by atoms with Crippen molar-refractivity contribution in [1.82, 2.24) is 29.8 Å². The molecule has 1 aliphatic heterocycles. The first-order valence-electron chi connectivity index (χ1n) is 11.2. The van der Waals surface area contributed by atoms with Gasteiger partial charge >= 0.3 is 12.3 Å². The van der Waals surface area contributed by atoms with Crippen molar-refractivity contribution in [3.63, 3.8) is 0 Å². The van der Waals surface area contributed by atoms with Gasteiger partial charge in [-0.2, -0.15) is 18.3 Å². The number of likely N-dealkylation sites (tertiary alicyclic amines) is 1. The molecule has 0 aromatic carbocycles. The molecule has 204 valence electrons. The van der Waals surface area contributed by atoms with E-state index in [2.05, 4.69) is 20.4 Å². The quantitative estimate of drug-likeness (QED) is 0.395. The number of amides is 2. The lowest BCUT2D eigenvalue weighted by atomic mass is 10.1. The predicted octanol–water partition coefficient (Wildman–Crippen LogP) is 1.67. The summed E-state index contributed by atoms with van der Waals surface area (Å²) in [6.07, 6.45) is -5.89. The Labute approximate surface area is 212 Å². The average molecular weight is 541 g/mol. The summed E-state index contributed by atoms with van der Waals surface area (Å²) in [5.41, 5.74) is 3.92. The van der Waals surface area contributed by atoms with E-state index in [1.54, 1.807) is 0 Å². The zero-order chi connectivity index (χ0) is 27.8. The van der Waals surface area contributed by atoms with Crippen LogP contribution in [-0.2, 0) is 10.9 Å². The number of carbonyl (C=O) groups is 2. The number of aliphatic hydroxyl groups is 1. The van der Waals surface area contributed by atoms with Crippen molar-refractivity contribution in [3.8, 4) is 17.1 Å². The van der Waals surface area contributed by atoms with E-state index >= 15 is 0 Å². The minimum atomic E-state index is -4.77. The molecule has 0 bridgehead atoms. The van der Waals surface area contributed by atoms with E-state index < -0.39 is 60.0 Å². The van der Waals surface area contributed by atoms with Gasteiger partial charge in [0.05, 0.1) is 37.6 Å². The Morgan fingerprint density at radius 3 is 2.68 bits per heavy atom. The monoisotopic (exact) mass is 541 g/mol. The zero-order valence-corrected chi connectivity index (χ0v) is 20.1. The maximum absolute atomic E-state index is 14.7. The predicted molar refractivity (Wildman–Crippen MR) is 123 cm³/mol. The third kappa shape index (κ3) is 5.11. The van der Waals surface area contributed by atoms with Crippen molar-refractivity contribution >= 4 is 23.3 Å². The number of nitrogens with two attached hydrogens (primary N) is 1. The Balaban J connectivity index is 1.64. The number of nitrogens with zero attached hydrogens (tertiary/aromatic N) is 5. The van der Waals surface area contributed by atoms with Gasteiger partial charge in [0.1, 0.15) is 29.7 Å². The number of pyridine rings is 1. The molecular weight excluding hydrogens is 518 g/mol. The van der Waals surface area contributed by atoms with Crippen molar-refractivity contribution in [3.05, 3.63) is 35.8 Å². The summed E-state index contributed by atoms with van der Waals surface area (Å²) in [6, 6.07) is 0.904. The van der Waals surface area contributed by atoms with Crippen LogP contribution in [0.25, 0.3) is 16.8 Å². The second-order valence-corrected chi connectivity index (χ2v) is 8.51. The number of carbonyl (C=O) groups excluding carboxylic acids is 2. The molecule has 3 atom stereocenters. The summed E-state index contributed by atoms with van der Waals surface area (Å²) >= 11 is 0. The molecule has 1 unspecified atom stereocenters. The Bertz CT molecular complexity index is 1370. The lowest BCUT2D eigenvalue weighted by Crippen LogP contribution is -2.42. The summed E-state index contributed by atoms with van der Waals surface area (Å²) in [5, 5.41) is 15.4. The van der Waals surface area contributed by atoms with Crippen LogP contribution in [0.2, 0.25) is 0 Å². The highest BCUT2D eigenvalue weighted by atomic mass is 19.4. The number of hydrogen-bond acceptors (Lipinski definition) is 9. The molecule has 1 aliphatic rings. The third-order valence-electron chi connectivity index (χ3n) is 5.86. The first-order chi connectivity index (χ1) is 17.9. The van der Waals surface area contributed by atoms with Gasteiger partial charge in [-0.05, 0) is 19.1 Å². The van der Waals surface area contributed by atoms with Crippen LogP contribution < -0.4 is 15.8 Å². The summed E-state index contributed by atoms with van der Waals surface area (Å²) < 4.78 is 66.7. The number of aromatic nitrogens is 4. The highest BCUT2D eigenvalue weighted by Gasteiger charge is 2.39. The zero-order valence-electron chi connectivity index (χ0n) is 20.1. The van der Waals surface area contributed by atoms with Gasteiger partial charge in [-0.3, -0.25) is 4.79 Å². The number of fused-ring (bicyclic) bond motifs is 1. The summed E-state index contributed by atoms with van der Waals surface area (Å²) in [5.74, 6) is -1.41. The van der Waals surface area contributed by atoms with E-state index in [-0.39, 0.29) is 35.8 Å². The maximum atomic E-state index is 14.7. The topological polar surface area (TPSA) is 157 Å². The smallest absolute Gasteiger partial charge is 0.418 e. The summed E-state index contributed by atoms with van der Waals surface area (Å²) in [7, 11) is 1.23. The molecule has 1 fully saturated rings. The van der Waals surface area contributed by atoms with Crippen molar-refractivity contribution in [1.29, 1.82) is 0 Å². The highest BCUT2D eigenvalue weighted by Crippen LogP contribution is 2.39. The Morgan fingerprint density at radius 1 is 1.29 bits per heavy atom. The molecule has 0 spiro atoms. The van der Waals surface area contributed by atoms with Gasteiger partial charge in [0, 0.05) is 18.3 Å². The van der Waals surface area contributed by atoms with Crippen LogP contribution in [-0.4, -0.2) is 86.7 Å². The Hall–Kier alpha value is -4.21. The lowest BCUT2D eigenvalue weighted by molar-refractivity contribution is -0.136. The molecule has 0 saturated carbocycles. The van der Waals surface area contributed by atoms with Crippen molar-refractivity contribution in [2.24, 2.45) is 0 Å². The first kappa shape index (κ1) is 26.8. The molecule has 0 aliphatic carbocycles. The summed E-state index contributed by atoms with van der Waals surface area (Å²) in [6.45, 7) is 0.476. The minimum Gasteiger partial charge on any atom is -0.480 e. The van der Waals surface area contributed by atoms with Crippen LogP contribution in [0, 0.1) is 0 Å². The standard InChI is InChI=1S/C22H23F4N7O5/c1-10(8-34)38-21(36)32-6-14(23)15(7-32)31-19(35)12-3-11(5-28-20(12)37-2)16-4-13(22(24,25)26)17-18(27)29-9-30-33(16)17/h3-5,9-10,14-15,34H,6-8H2,1-2H3,(H,31,35)(H2,27,29,30)/t10?,14-,15+/m0/s1. The molecule has 38 heavy (non-hydrogen) atoms. The van der Waals surface area contributed by atoms with Crippen LogP contribution in [0.5, 0.6) is 5.88 Å². The minimum absolute atomic E-state index is 0.0611. The van der Waals surface area contributed by atoms with Crippen molar-refractivity contribution < 1.29 is 41.7 Å². The van der Waals surface area contributed by atoms with Crippen LogP contribution >= 0.6 is 0 Å². The maximum Gasteiger partial charge on any atom is 0.418 e. The molecule has 1 saturated heterocycles. The van der Waals surface area contributed by atoms with Crippen molar-refractivity contribution in [2.45, 2.75) is 31.4 Å². The van der Waals surface area contributed by atoms with Crippen molar-refractivity contribution in [2.75, 3.05) is 32.5 Å². The SMILES string of the molecule is COc1ncc(-c2cc(C(F)(F)F)c3c(N)ncnn23)cc1C(=O)N[C@@H]1CN(C(=O)OC(C)CO)C[C@@H]1F. The van der Waals surface area contributed by atoms with Gasteiger partial charge in [0.25, 0.3) is 5.91 Å². The molecule has 12 nitrogen and oxygen atoms in total. The number of nitrogen functional groups attached to an aromatic ring is 1. The fourth-order valence-electron chi connectivity index (χ4n) is 3.99. The molecule has 0 radical (unpaired) electrons. The van der Waals surface area contributed by atoms with Gasteiger partial charge in [-0.1, -0.05) is 0 Å². The van der Waals surface area contributed by atoms with E-state index in [1.807, 2.05) is 0 Å². The van der Waals surface area contributed by atoms with E-state index in [0.717, 1.165) is 21.8 Å². The normalized spacial score (nSPS) is 18.4. The van der Waals surface area contributed by atoms with Gasteiger partial charge in [0.2, 0.25) is 5.88 Å². The molecule has 4 rings (SSSR count). The fraction of sp³-hybridized carbons (Fsp3) is 0.409. The van der Waals surface area contributed by atoms with Gasteiger partial charge in [0.15, 0.2) is 5.82 Å². The molecular formula is C22H23F4N7O5. The van der Waals surface area contributed by atoms with Crippen LogP contribution in [0.1, 0.15) is 22.8 Å². The lowest BCUT2D eigenvalue weighted by Gasteiger charge is -2.19. The molecule has 16 heteroatoms. The Morgan fingerprint density at radius 2 is 2.03 bits per heavy atom. The number of hydrogen-bond donors (Lipinski definition) is 3. The summed E-state index contributed by atoms with van der Waals surface area (Å²) in [4.78, 5) is 33.9. The number of nitrogens with one attached hydrogen (secondary N) is 1. The fourth-order valence-corrected chi connectivity index (χ4v) is 3.99. The van der Waals surface area contributed by atoms with E-state index in [9.17, 15) is 27.2 Å². The number of rotatable bonds is 6. The molecule has 4 heterocycles. The molecule has 3 aromatic heterocycles. The van der Waals surface area contributed by atoms with Crippen LogP contribution in [0.15, 0.2) is 24.7 Å². The second-order valence-electron chi connectivity index (χ2n) is 8.51. The van der Waals surface area contributed by atoms with Crippen LogP contribution in [0.4, 0.5) is 28.2 Å². The highest BCUT2D eigenvalue weighted by molar-refractivity contribution is 5.98. The van der Waals surface area contributed by atoms with Crippen LogP contribution in [0.3, 0.4) is 0 Å². The van der Waals surface area contributed by atoms with E-state index in [0.29, 0.717) is 0 Å². The average Bonchev–Trinajstić information content (AvgIpc) is 3.45. The Kier molecular flexibility index (Phi) is 7.26. The first-order valence-corrected chi connectivity index (χ1v) is 11.2. The van der Waals surface area contributed by atoms with E-state index in [4.69, 9.17) is 20.3 Å². The van der Waals surface area contributed by atoms with Gasteiger partial charge in [-0.15, -0.1) is 0 Å². The van der Waals surface area contributed by atoms with Gasteiger partial charge < -0.3 is 30.5 Å². The number of methoxy groups -OCH3 is 1. The molecule has 4 N–H and O–H groups in total. The second kappa shape index (κ2) is 10.3. The van der Waals surface area contributed by atoms with Gasteiger partial charge in [-0.25, -0.2) is 23.7 Å². The number of halogens is 4. The molecule has 3 aromatic rings. The number of ether oxygens (including phenoxy) is 2. The largest absolute Gasteiger partial charge is 0.480 e. The molecule has 2 amide bonds. The third-order valence-corrected chi connectivity index (χ3v) is 5.86. The number of anilines is 1. The number of alkyl halides is 4. The van der Waals surface area contributed by atoms with E-state index in [1.165, 1.54) is 26.3 Å².